The van der Waals surface area contributed by atoms with Gasteiger partial charge in [0.1, 0.15) is 5.82 Å². The van der Waals surface area contributed by atoms with Crippen LogP contribution < -0.4 is 10.0 Å². The van der Waals surface area contributed by atoms with Crippen LogP contribution in [0.1, 0.15) is 22.3 Å². The number of nitrogens with one attached hydrogen (secondary N) is 2. The topological polar surface area (TPSA) is 78.5 Å². The highest BCUT2D eigenvalue weighted by molar-refractivity contribution is 7.92. The third kappa shape index (κ3) is 4.64. The molecule has 27 heavy (non-hydrogen) atoms. The van der Waals surface area contributed by atoms with Gasteiger partial charge in [-0.1, -0.05) is 0 Å². The molecule has 6 nitrogen and oxygen atoms in total. The van der Waals surface area contributed by atoms with Crippen molar-refractivity contribution in [2.75, 3.05) is 30.9 Å². The molecule has 1 fully saturated rings. The largest absolute Gasteiger partial charge is 0.337 e. The summed E-state index contributed by atoms with van der Waals surface area (Å²) in [6, 6.07) is 9.94. The van der Waals surface area contributed by atoms with Crippen molar-refractivity contribution in [2.24, 2.45) is 0 Å². The fraction of sp³-hybridized carbons (Fsp3) is 0.316. The molecule has 1 aliphatic rings. The molecule has 1 aliphatic heterocycles. The third-order valence-electron chi connectivity index (χ3n) is 4.45. The Kier molecular flexibility index (Phi) is 5.76. The van der Waals surface area contributed by atoms with Gasteiger partial charge in [-0.3, -0.25) is 9.52 Å². The van der Waals surface area contributed by atoms with Crippen molar-refractivity contribution in [1.29, 1.82) is 0 Å². The highest BCUT2D eigenvalue weighted by Crippen LogP contribution is 2.19. The van der Waals surface area contributed by atoms with Crippen molar-refractivity contribution in [3.05, 3.63) is 59.4 Å². The summed E-state index contributed by atoms with van der Waals surface area (Å²) in [6.45, 7) is 4.52. The molecule has 0 aromatic heterocycles. The monoisotopic (exact) mass is 391 g/mol. The van der Waals surface area contributed by atoms with Crippen molar-refractivity contribution < 1.29 is 17.6 Å². The van der Waals surface area contributed by atoms with E-state index in [-0.39, 0.29) is 16.4 Å². The Hall–Kier alpha value is -2.45. The highest BCUT2D eigenvalue weighted by atomic mass is 32.2. The standard InChI is InChI=1S/C19H22FN3O3S/c1-14-13-17(7-8-18(14)20)27(25,26)22-16-5-3-15(4-6-16)19(24)23-11-2-9-21-10-12-23/h3-8,13,21-22H,2,9-12H2,1H3. The maximum Gasteiger partial charge on any atom is 0.261 e. The summed E-state index contributed by atoms with van der Waals surface area (Å²) in [6.07, 6.45) is 0.903. The normalized spacial score (nSPS) is 15.3. The minimum atomic E-state index is -3.83. The van der Waals surface area contributed by atoms with Gasteiger partial charge in [-0.15, -0.1) is 0 Å². The van der Waals surface area contributed by atoms with Crippen molar-refractivity contribution in [1.82, 2.24) is 10.2 Å². The SMILES string of the molecule is Cc1cc(S(=O)(=O)Nc2ccc(C(=O)N3CCCNCC3)cc2)ccc1F. The van der Waals surface area contributed by atoms with Crippen molar-refractivity contribution in [3.63, 3.8) is 0 Å². The fourth-order valence-corrected chi connectivity index (χ4v) is 4.05. The van der Waals surface area contributed by atoms with Gasteiger partial charge in [0.2, 0.25) is 0 Å². The Labute approximate surface area is 158 Å². The molecule has 0 radical (unpaired) electrons. The first-order chi connectivity index (χ1) is 12.9. The van der Waals surface area contributed by atoms with Crippen LogP contribution in [0.25, 0.3) is 0 Å². The molecule has 0 bridgehead atoms. The number of aryl methyl sites for hydroxylation is 1. The first-order valence-electron chi connectivity index (χ1n) is 8.76. The molecule has 1 amide bonds. The average molecular weight is 391 g/mol. The Morgan fingerprint density at radius 2 is 1.85 bits per heavy atom. The van der Waals surface area contributed by atoms with Gasteiger partial charge < -0.3 is 10.2 Å². The van der Waals surface area contributed by atoms with Crippen molar-refractivity contribution in [2.45, 2.75) is 18.2 Å². The first-order valence-corrected chi connectivity index (χ1v) is 10.2. The molecule has 0 unspecified atom stereocenters. The van der Waals surface area contributed by atoms with E-state index in [0.29, 0.717) is 24.3 Å². The molecule has 0 atom stereocenters. The van der Waals surface area contributed by atoms with Gasteiger partial charge in [-0.05, 0) is 67.9 Å². The summed E-state index contributed by atoms with van der Waals surface area (Å²) in [7, 11) is -3.83. The van der Waals surface area contributed by atoms with Gasteiger partial charge in [0.15, 0.2) is 0 Å². The second kappa shape index (κ2) is 8.06. The van der Waals surface area contributed by atoms with Crippen LogP contribution in [0.4, 0.5) is 10.1 Å². The number of rotatable bonds is 4. The van der Waals surface area contributed by atoms with E-state index in [4.69, 9.17) is 0 Å². The van der Waals surface area contributed by atoms with Crippen LogP contribution in [0.5, 0.6) is 0 Å². The fourth-order valence-electron chi connectivity index (χ4n) is 2.91. The smallest absolute Gasteiger partial charge is 0.261 e. The first kappa shape index (κ1) is 19.3. The van der Waals surface area contributed by atoms with Crippen LogP contribution in [0.3, 0.4) is 0 Å². The predicted octanol–water partition coefficient (Wildman–Crippen LogP) is 2.37. The number of anilines is 1. The lowest BCUT2D eigenvalue weighted by Crippen LogP contribution is -2.34. The molecule has 8 heteroatoms. The lowest BCUT2D eigenvalue weighted by atomic mass is 10.2. The molecular formula is C19H22FN3O3S. The minimum Gasteiger partial charge on any atom is -0.337 e. The summed E-state index contributed by atoms with van der Waals surface area (Å²) in [5.41, 5.74) is 1.11. The van der Waals surface area contributed by atoms with E-state index < -0.39 is 15.8 Å². The van der Waals surface area contributed by atoms with Gasteiger partial charge in [-0.25, -0.2) is 12.8 Å². The summed E-state index contributed by atoms with van der Waals surface area (Å²) in [5, 5.41) is 3.25. The number of carbonyl (C=O) groups is 1. The Bertz CT molecular complexity index is 922. The number of hydrogen-bond acceptors (Lipinski definition) is 4. The third-order valence-corrected chi connectivity index (χ3v) is 5.83. The van der Waals surface area contributed by atoms with Crippen LogP contribution in [0.2, 0.25) is 0 Å². The minimum absolute atomic E-state index is 0.0152. The van der Waals surface area contributed by atoms with Crippen LogP contribution in [-0.4, -0.2) is 45.4 Å². The molecule has 2 aromatic rings. The van der Waals surface area contributed by atoms with Gasteiger partial charge >= 0.3 is 0 Å². The van der Waals surface area contributed by atoms with Gasteiger partial charge in [-0.2, -0.15) is 0 Å². The van der Waals surface area contributed by atoms with Crippen molar-refractivity contribution >= 4 is 21.6 Å². The van der Waals surface area contributed by atoms with E-state index >= 15 is 0 Å². The van der Waals surface area contributed by atoms with Crippen molar-refractivity contribution in [3.8, 4) is 0 Å². The second-order valence-corrected chi connectivity index (χ2v) is 8.17. The molecule has 2 N–H and O–H groups in total. The predicted molar refractivity (Wildman–Crippen MR) is 102 cm³/mol. The number of halogens is 1. The maximum atomic E-state index is 13.4. The average Bonchev–Trinajstić information content (AvgIpc) is 2.93. The quantitative estimate of drug-likeness (QED) is 0.839. The Balaban J connectivity index is 1.73. The molecular weight excluding hydrogens is 369 g/mol. The lowest BCUT2D eigenvalue weighted by molar-refractivity contribution is 0.0766. The number of carbonyl (C=O) groups excluding carboxylic acids is 1. The number of sulfonamides is 1. The van der Waals surface area contributed by atoms with Gasteiger partial charge in [0.05, 0.1) is 4.90 Å². The number of amides is 1. The molecule has 1 saturated heterocycles. The molecule has 0 saturated carbocycles. The number of nitrogens with zero attached hydrogens (tertiary/aromatic N) is 1. The number of hydrogen-bond donors (Lipinski definition) is 2. The summed E-state index contributed by atoms with van der Waals surface area (Å²) in [5.74, 6) is -0.525. The molecule has 0 aliphatic carbocycles. The lowest BCUT2D eigenvalue weighted by Gasteiger charge is -2.20. The molecule has 0 spiro atoms. The van der Waals surface area contributed by atoms with Crippen LogP contribution >= 0.6 is 0 Å². The van der Waals surface area contributed by atoms with E-state index in [0.717, 1.165) is 25.6 Å². The van der Waals surface area contributed by atoms with E-state index in [2.05, 4.69) is 10.0 Å². The summed E-state index contributed by atoms with van der Waals surface area (Å²) in [4.78, 5) is 14.3. The van der Waals surface area contributed by atoms with Crippen LogP contribution in [0.15, 0.2) is 47.4 Å². The Morgan fingerprint density at radius 1 is 1.11 bits per heavy atom. The maximum absolute atomic E-state index is 13.4. The zero-order valence-electron chi connectivity index (χ0n) is 15.0. The highest BCUT2D eigenvalue weighted by Gasteiger charge is 2.18. The molecule has 144 valence electrons. The Morgan fingerprint density at radius 3 is 2.56 bits per heavy atom. The molecule has 2 aromatic carbocycles. The zero-order valence-corrected chi connectivity index (χ0v) is 15.9. The van der Waals surface area contributed by atoms with E-state index in [1.165, 1.54) is 19.1 Å². The zero-order chi connectivity index (χ0) is 19.4. The molecule has 3 rings (SSSR count). The van der Waals surface area contributed by atoms with E-state index in [1.807, 2.05) is 0 Å². The summed E-state index contributed by atoms with van der Waals surface area (Å²) < 4.78 is 40.7. The van der Waals surface area contributed by atoms with E-state index in [9.17, 15) is 17.6 Å². The number of benzene rings is 2. The molecule has 1 heterocycles. The van der Waals surface area contributed by atoms with E-state index in [1.54, 1.807) is 29.2 Å². The van der Waals surface area contributed by atoms with Gasteiger partial charge in [0.25, 0.3) is 15.9 Å². The van der Waals surface area contributed by atoms with Crippen LogP contribution in [-0.2, 0) is 10.0 Å². The second-order valence-electron chi connectivity index (χ2n) is 6.49. The summed E-state index contributed by atoms with van der Waals surface area (Å²) >= 11 is 0. The van der Waals surface area contributed by atoms with Crippen LogP contribution in [0, 0.1) is 12.7 Å². The van der Waals surface area contributed by atoms with Gasteiger partial charge in [0, 0.05) is 30.9 Å².